The van der Waals surface area contributed by atoms with E-state index in [9.17, 15) is 0 Å². The van der Waals surface area contributed by atoms with Crippen LogP contribution in [0.1, 0.15) is 36.3 Å². The molecule has 1 aromatic rings. The second-order valence-electron chi connectivity index (χ2n) is 4.12. The predicted molar refractivity (Wildman–Crippen MR) is 72.1 cm³/mol. The maximum absolute atomic E-state index is 4.48. The van der Waals surface area contributed by atoms with Crippen LogP contribution >= 0.6 is 11.8 Å². The van der Waals surface area contributed by atoms with Gasteiger partial charge in [-0.15, -0.1) is 0 Å². The minimum Gasteiger partial charge on any atom is -0.309 e. The van der Waals surface area contributed by atoms with Crippen molar-refractivity contribution in [3.8, 4) is 0 Å². The van der Waals surface area contributed by atoms with Crippen LogP contribution in [0.5, 0.6) is 0 Å². The first kappa shape index (κ1) is 13.6. The van der Waals surface area contributed by atoms with E-state index in [4.69, 9.17) is 0 Å². The molecule has 0 aliphatic rings. The monoisotopic (exact) mass is 241 g/mol. The van der Waals surface area contributed by atoms with Crippen molar-refractivity contribution in [1.29, 1.82) is 0 Å². The molecule has 16 heavy (non-hydrogen) atoms. The van der Waals surface area contributed by atoms with Crippen molar-refractivity contribution in [3.05, 3.63) is 17.0 Å². The summed E-state index contributed by atoms with van der Waals surface area (Å²) >= 11 is 1.88. The van der Waals surface area contributed by atoms with Gasteiger partial charge in [-0.2, -0.15) is 16.9 Å². The van der Waals surface area contributed by atoms with E-state index >= 15 is 0 Å². The number of thioether (sulfide) groups is 1. The SMILES string of the molecule is CCC(NCCSC)c1c(C)nn(C)c1C. The Kier molecular flexibility index (Phi) is 5.35. The van der Waals surface area contributed by atoms with Gasteiger partial charge in [0.2, 0.25) is 0 Å². The summed E-state index contributed by atoms with van der Waals surface area (Å²) in [5.74, 6) is 1.16. The fourth-order valence-electron chi connectivity index (χ4n) is 2.08. The molecular weight excluding hydrogens is 218 g/mol. The first-order valence-electron chi connectivity index (χ1n) is 5.84. The molecule has 0 bridgehead atoms. The van der Waals surface area contributed by atoms with Crippen LogP contribution in [-0.2, 0) is 7.05 Å². The molecule has 1 heterocycles. The highest BCUT2D eigenvalue weighted by molar-refractivity contribution is 7.98. The zero-order valence-electron chi connectivity index (χ0n) is 11.0. The van der Waals surface area contributed by atoms with Crippen molar-refractivity contribution < 1.29 is 0 Å². The van der Waals surface area contributed by atoms with Gasteiger partial charge in [0.25, 0.3) is 0 Å². The summed E-state index contributed by atoms with van der Waals surface area (Å²) in [6.07, 6.45) is 3.25. The van der Waals surface area contributed by atoms with E-state index in [-0.39, 0.29) is 0 Å². The van der Waals surface area contributed by atoms with Crippen LogP contribution in [0.3, 0.4) is 0 Å². The fraction of sp³-hybridized carbons (Fsp3) is 0.750. The van der Waals surface area contributed by atoms with Crippen LogP contribution in [-0.4, -0.2) is 28.3 Å². The van der Waals surface area contributed by atoms with E-state index in [0.29, 0.717) is 6.04 Å². The highest BCUT2D eigenvalue weighted by Crippen LogP contribution is 2.23. The third-order valence-electron chi connectivity index (χ3n) is 3.02. The highest BCUT2D eigenvalue weighted by Gasteiger charge is 2.17. The Morgan fingerprint density at radius 1 is 1.44 bits per heavy atom. The minimum absolute atomic E-state index is 0.445. The quantitative estimate of drug-likeness (QED) is 0.776. The maximum Gasteiger partial charge on any atom is 0.0644 e. The van der Waals surface area contributed by atoms with Crippen molar-refractivity contribution in [2.75, 3.05) is 18.6 Å². The number of aromatic nitrogens is 2. The van der Waals surface area contributed by atoms with Crippen molar-refractivity contribution in [2.24, 2.45) is 7.05 Å². The molecule has 1 aromatic heterocycles. The molecule has 1 rings (SSSR count). The summed E-state index contributed by atoms with van der Waals surface area (Å²) in [5.41, 5.74) is 3.82. The molecule has 92 valence electrons. The Hall–Kier alpha value is -0.480. The number of rotatable bonds is 6. The van der Waals surface area contributed by atoms with Gasteiger partial charge in [-0.1, -0.05) is 6.92 Å². The van der Waals surface area contributed by atoms with Gasteiger partial charge in [0.05, 0.1) is 5.69 Å². The number of hydrogen-bond donors (Lipinski definition) is 1. The molecule has 0 amide bonds. The van der Waals surface area contributed by atoms with Crippen LogP contribution in [0.2, 0.25) is 0 Å². The van der Waals surface area contributed by atoms with Crippen LogP contribution in [0.25, 0.3) is 0 Å². The Morgan fingerprint density at radius 2 is 2.12 bits per heavy atom. The third-order valence-corrected chi connectivity index (χ3v) is 3.63. The molecule has 1 N–H and O–H groups in total. The first-order chi connectivity index (χ1) is 7.61. The predicted octanol–water partition coefficient (Wildman–Crippen LogP) is 2.44. The van der Waals surface area contributed by atoms with Crippen LogP contribution in [0.15, 0.2) is 0 Å². The van der Waals surface area contributed by atoms with E-state index in [1.807, 2.05) is 23.5 Å². The van der Waals surface area contributed by atoms with E-state index in [1.165, 1.54) is 11.3 Å². The summed E-state index contributed by atoms with van der Waals surface area (Å²) in [5, 5.41) is 8.09. The molecule has 1 unspecified atom stereocenters. The van der Waals surface area contributed by atoms with Crippen molar-refractivity contribution >= 4 is 11.8 Å². The van der Waals surface area contributed by atoms with Crippen LogP contribution in [0, 0.1) is 13.8 Å². The van der Waals surface area contributed by atoms with E-state index < -0.39 is 0 Å². The molecule has 3 nitrogen and oxygen atoms in total. The van der Waals surface area contributed by atoms with Gasteiger partial charge in [-0.05, 0) is 26.5 Å². The third kappa shape index (κ3) is 3.01. The van der Waals surface area contributed by atoms with Gasteiger partial charge < -0.3 is 5.32 Å². The summed E-state index contributed by atoms with van der Waals surface area (Å²) < 4.78 is 1.98. The maximum atomic E-state index is 4.48. The van der Waals surface area contributed by atoms with Gasteiger partial charge >= 0.3 is 0 Å². The second-order valence-corrected chi connectivity index (χ2v) is 5.10. The lowest BCUT2D eigenvalue weighted by Gasteiger charge is -2.17. The highest BCUT2D eigenvalue weighted by atomic mass is 32.2. The number of hydrogen-bond acceptors (Lipinski definition) is 3. The molecule has 0 aromatic carbocycles. The van der Waals surface area contributed by atoms with Crippen LogP contribution < -0.4 is 5.32 Å². The van der Waals surface area contributed by atoms with E-state index in [2.05, 4.69) is 37.4 Å². The lowest BCUT2D eigenvalue weighted by atomic mass is 10.0. The van der Waals surface area contributed by atoms with Gasteiger partial charge in [0.1, 0.15) is 0 Å². The second kappa shape index (κ2) is 6.30. The topological polar surface area (TPSA) is 29.9 Å². The van der Waals surface area contributed by atoms with Crippen molar-refractivity contribution in [3.63, 3.8) is 0 Å². The molecular formula is C12H23N3S. The zero-order valence-corrected chi connectivity index (χ0v) is 11.8. The summed E-state index contributed by atoms with van der Waals surface area (Å²) in [7, 11) is 2.01. The Bertz CT molecular complexity index is 333. The summed E-state index contributed by atoms with van der Waals surface area (Å²) in [4.78, 5) is 0. The first-order valence-corrected chi connectivity index (χ1v) is 7.23. The van der Waals surface area contributed by atoms with Gasteiger partial charge in [-0.3, -0.25) is 4.68 Å². The number of aryl methyl sites for hydroxylation is 2. The Morgan fingerprint density at radius 3 is 2.56 bits per heavy atom. The number of nitrogens with one attached hydrogen (secondary N) is 1. The lowest BCUT2D eigenvalue weighted by molar-refractivity contribution is 0.534. The molecule has 0 aliphatic heterocycles. The molecule has 0 radical (unpaired) electrons. The molecule has 0 aliphatic carbocycles. The summed E-state index contributed by atoms with van der Waals surface area (Å²) in [6.45, 7) is 7.53. The largest absolute Gasteiger partial charge is 0.309 e. The average Bonchev–Trinajstić information content (AvgIpc) is 2.50. The Labute approximate surface area is 103 Å². The Balaban J connectivity index is 2.78. The molecule has 1 atom stereocenters. The zero-order chi connectivity index (χ0) is 12.1. The molecule has 0 saturated heterocycles. The normalized spacial score (nSPS) is 13.1. The molecule has 0 fully saturated rings. The fourth-order valence-corrected chi connectivity index (χ4v) is 2.40. The van der Waals surface area contributed by atoms with E-state index in [1.54, 1.807) is 0 Å². The molecule has 0 saturated carbocycles. The molecule has 0 spiro atoms. The van der Waals surface area contributed by atoms with Gasteiger partial charge in [-0.25, -0.2) is 0 Å². The smallest absolute Gasteiger partial charge is 0.0644 e. The lowest BCUT2D eigenvalue weighted by Crippen LogP contribution is -2.24. The average molecular weight is 241 g/mol. The standard InChI is InChI=1S/C12H23N3S/c1-6-11(13-7-8-16-5)12-9(2)14-15(4)10(12)3/h11,13H,6-8H2,1-5H3. The summed E-state index contributed by atoms with van der Waals surface area (Å²) in [6, 6.07) is 0.445. The van der Waals surface area contributed by atoms with Crippen LogP contribution in [0.4, 0.5) is 0 Å². The minimum atomic E-state index is 0.445. The van der Waals surface area contributed by atoms with Crippen molar-refractivity contribution in [2.45, 2.75) is 33.2 Å². The van der Waals surface area contributed by atoms with E-state index in [0.717, 1.165) is 24.4 Å². The molecule has 4 heteroatoms. The van der Waals surface area contributed by atoms with Gasteiger partial charge in [0, 0.05) is 36.6 Å². The van der Waals surface area contributed by atoms with Gasteiger partial charge in [0.15, 0.2) is 0 Å². The number of nitrogens with zero attached hydrogens (tertiary/aromatic N) is 2. The van der Waals surface area contributed by atoms with Crippen molar-refractivity contribution in [1.82, 2.24) is 15.1 Å².